The molecule has 0 bridgehead atoms. The molecule has 0 amide bonds. The van der Waals surface area contributed by atoms with Crippen LogP contribution in [-0.2, 0) is 0 Å². The van der Waals surface area contributed by atoms with E-state index >= 15 is 0 Å². The summed E-state index contributed by atoms with van der Waals surface area (Å²) in [5.74, 6) is 1.17. The van der Waals surface area contributed by atoms with E-state index in [0.717, 1.165) is 5.92 Å². The van der Waals surface area contributed by atoms with Crippen LogP contribution in [0.5, 0.6) is 0 Å². The first-order chi connectivity index (χ1) is 6.65. The molecule has 1 fully saturated rings. The van der Waals surface area contributed by atoms with Crippen molar-refractivity contribution in [1.82, 2.24) is 5.32 Å². The standard InChI is InChI=1S/C12H25NO/c1-9-6-4-5-7-12(9)13-11(3)10(2)8-14/h9-14H,4-8H2,1-3H3. The van der Waals surface area contributed by atoms with Crippen LogP contribution in [0, 0.1) is 11.8 Å². The van der Waals surface area contributed by atoms with Gasteiger partial charge in [0.2, 0.25) is 0 Å². The molecule has 2 heteroatoms. The molecule has 2 nitrogen and oxygen atoms in total. The third kappa shape index (κ3) is 3.25. The Hall–Kier alpha value is -0.0800. The summed E-state index contributed by atoms with van der Waals surface area (Å²) in [5.41, 5.74) is 0. The highest BCUT2D eigenvalue weighted by Crippen LogP contribution is 2.24. The van der Waals surface area contributed by atoms with Crippen molar-refractivity contribution >= 4 is 0 Å². The summed E-state index contributed by atoms with van der Waals surface area (Å²) in [7, 11) is 0. The smallest absolute Gasteiger partial charge is 0.0471 e. The molecule has 0 spiro atoms. The van der Waals surface area contributed by atoms with Crippen LogP contribution in [0.1, 0.15) is 46.5 Å². The third-order valence-corrected chi connectivity index (χ3v) is 3.73. The Morgan fingerprint density at radius 3 is 2.50 bits per heavy atom. The van der Waals surface area contributed by atoms with Gasteiger partial charge in [0.05, 0.1) is 0 Å². The van der Waals surface area contributed by atoms with Gasteiger partial charge in [-0.1, -0.05) is 26.7 Å². The fraction of sp³-hybridized carbons (Fsp3) is 1.00. The molecule has 4 unspecified atom stereocenters. The van der Waals surface area contributed by atoms with E-state index in [-0.39, 0.29) is 6.61 Å². The zero-order chi connectivity index (χ0) is 10.6. The van der Waals surface area contributed by atoms with E-state index in [1.54, 1.807) is 0 Å². The zero-order valence-electron chi connectivity index (χ0n) is 9.79. The van der Waals surface area contributed by atoms with Crippen LogP contribution in [0.3, 0.4) is 0 Å². The lowest BCUT2D eigenvalue weighted by molar-refractivity contribution is 0.180. The van der Waals surface area contributed by atoms with Crippen molar-refractivity contribution in [3.05, 3.63) is 0 Å². The van der Waals surface area contributed by atoms with E-state index in [1.807, 2.05) is 0 Å². The Bertz CT molecular complexity index is 160. The summed E-state index contributed by atoms with van der Waals surface area (Å²) < 4.78 is 0. The molecule has 0 aromatic carbocycles. The van der Waals surface area contributed by atoms with Gasteiger partial charge in [0.15, 0.2) is 0 Å². The van der Waals surface area contributed by atoms with Crippen LogP contribution in [0.15, 0.2) is 0 Å². The van der Waals surface area contributed by atoms with Gasteiger partial charge in [-0.25, -0.2) is 0 Å². The van der Waals surface area contributed by atoms with Crippen LogP contribution >= 0.6 is 0 Å². The second kappa shape index (κ2) is 5.72. The lowest BCUT2D eigenvalue weighted by atomic mass is 9.85. The maximum atomic E-state index is 9.06. The van der Waals surface area contributed by atoms with Gasteiger partial charge >= 0.3 is 0 Å². The molecule has 1 rings (SSSR count). The predicted molar refractivity (Wildman–Crippen MR) is 60.3 cm³/mol. The van der Waals surface area contributed by atoms with Crippen LogP contribution in [0.4, 0.5) is 0 Å². The van der Waals surface area contributed by atoms with Crippen molar-refractivity contribution < 1.29 is 5.11 Å². The van der Waals surface area contributed by atoms with Gasteiger partial charge in [-0.05, 0) is 31.6 Å². The molecule has 0 saturated heterocycles. The highest BCUT2D eigenvalue weighted by molar-refractivity contribution is 4.81. The number of rotatable bonds is 4. The maximum absolute atomic E-state index is 9.06. The van der Waals surface area contributed by atoms with E-state index in [1.165, 1.54) is 25.7 Å². The Kier molecular flexibility index (Phi) is 4.90. The van der Waals surface area contributed by atoms with Crippen LogP contribution < -0.4 is 5.32 Å². The minimum atomic E-state index is 0.287. The molecular weight excluding hydrogens is 174 g/mol. The number of aliphatic hydroxyl groups is 1. The van der Waals surface area contributed by atoms with Gasteiger partial charge in [-0.3, -0.25) is 0 Å². The van der Waals surface area contributed by atoms with Gasteiger partial charge in [-0.2, -0.15) is 0 Å². The average molecular weight is 199 g/mol. The molecule has 2 N–H and O–H groups in total. The maximum Gasteiger partial charge on any atom is 0.0471 e. The van der Waals surface area contributed by atoms with E-state index in [0.29, 0.717) is 18.0 Å². The Labute approximate surface area is 88.1 Å². The monoisotopic (exact) mass is 199 g/mol. The third-order valence-electron chi connectivity index (χ3n) is 3.73. The first-order valence-corrected chi connectivity index (χ1v) is 6.02. The molecule has 84 valence electrons. The summed E-state index contributed by atoms with van der Waals surface area (Å²) in [6, 6.07) is 1.11. The summed E-state index contributed by atoms with van der Waals surface area (Å²) in [6.07, 6.45) is 5.42. The number of hydrogen-bond donors (Lipinski definition) is 2. The second-order valence-electron chi connectivity index (χ2n) is 4.98. The molecule has 4 atom stereocenters. The van der Waals surface area contributed by atoms with Crippen molar-refractivity contribution in [2.24, 2.45) is 11.8 Å². The molecule has 1 aliphatic rings. The highest BCUT2D eigenvalue weighted by Gasteiger charge is 2.23. The molecule has 0 aromatic heterocycles. The number of hydrogen-bond acceptors (Lipinski definition) is 2. The quantitative estimate of drug-likeness (QED) is 0.727. The molecule has 1 saturated carbocycles. The van der Waals surface area contributed by atoms with Crippen molar-refractivity contribution in [3.63, 3.8) is 0 Å². The fourth-order valence-corrected chi connectivity index (χ4v) is 2.22. The second-order valence-corrected chi connectivity index (χ2v) is 4.98. The Balaban J connectivity index is 2.34. The molecule has 0 aromatic rings. The van der Waals surface area contributed by atoms with Crippen LogP contribution in [0.2, 0.25) is 0 Å². The van der Waals surface area contributed by atoms with Crippen molar-refractivity contribution in [3.8, 4) is 0 Å². The van der Waals surface area contributed by atoms with E-state index in [4.69, 9.17) is 5.11 Å². The first-order valence-electron chi connectivity index (χ1n) is 6.02. The molecule has 0 radical (unpaired) electrons. The van der Waals surface area contributed by atoms with Gasteiger partial charge in [0, 0.05) is 18.7 Å². The number of nitrogens with one attached hydrogen (secondary N) is 1. The Morgan fingerprint density at radius 1 is 1.29 bits per heavy atom. The Morgan fingerprint density at radius 2 is 1.93 bits per heavy atom. The topological polar surface area (TPSA) is 32.3 Å². The molecule has 14 heavy (non-hydrogen) atoms. The van der Waals surface area contributed by atoms with Gasteiger partial charge in [-0.15, -0.1) is 0 Å². The van der Waals surface area contributed by atoms with Gasteiger partial charge in [0.1, 0.15) is 0 Å². The van der Waals surface area contributed by atoms with E-state index < -0.39 is 0 Å². The van der Waals surface area contributed by atoms with E-state index in [2.05, 4.69) is 26.1 Å². The summed E-state index contributed by atoms with van der Waals surface area (Å²) in [5, 5.41) is 12.7. The molecule has 0 aliphatic heterocycles. The van der Waals surface area contributed by atoms with Crippen molar-refractivity contribution in [2.75, 3.05) is 6.61 Å². The number of aliphatic hydroxyl groups excluding tert-OH is 1. The lowest BCUT2D eigenvalue weighted by Gasteiger charge is -2.33. The summed E-state index contributed by atoms with van der Waals surface area (Å²) in [4.78, 5) is 0. The van der Waals surface area contributed by atoms with Gasteiger partial charge < -0.3 is 10.4 Å². The van der Waals surface area contributed by atoms with Crippen molar-refractivity contribution in [2.45, 2.75) is 58.5 Å². The van der Waals surface area contributed by atoms with Crippen LogP contribution in [-0.4, -0.2) is 23.8 Å². The molecular formula is C12H25NO. The van der Waals surface area contributed by atoms with Crippen LogP contribution in [0.25, 0.3) is 0 Å². The zero-order valence-corrected chi connectivity index (χ0v) is 9.79. The summed E-state index contributed by atoms with van der Waals surface area (Å²) >= 11 is 0. The summed E-state index contributed by atoms with van der Waals surface area (Å²) in [6.45, 7) is 6.91. The van der Waals surface area contributed by atoms with Crippen molar-refractivity contribution in [1.29, 1.82) is 0 Å². The lowest BCUT2D eigenvalue weighted by Crippen LogP contribution is -2.45. The first kappa shape index (κ1) is 12.0. The van der Waals surface area contributed by atoms with Gasteiger partial charge in [0.25, 0.3) is 0 Å². The largest absolute Gasteiger partial charge is 0.396 e. The minimum absolute atomic E-state index is 0.287. The predicted octanol–water partition coefficient (Wildman–Crippen LogP) is 2.17. The normalized spacial score (nSPS) is 32.6. The SMILES string of the molecule is CC(CO)C(C)NC1CCCCC1C. The fourth-order valence-electron chi connectivity index (χ4n) is 2.22. The van der Waals surface area contributed by atoms with E-state index in [9.17, 15) is 0 Å². The minimum Gasteiger partial charge on any atom is -0.396 e. The highest BCUT2D eigenvalue weighted by atomic mass is 16.3. The molecule has 1 aliphatic carbocycles. The average Bonchev–Trinajstić information content (AvgIpc) is 2.20. The molecule has 0 heterocycles.